The van der Waals surface area contributed by atoms with E-state index in [9.17, 15) is 4.79 Å². The number of benzene rings is 1. The molecule has 0 saturated heterocycles. The highest BCUT2D eigenvalue weighted by atomic mass is 35.5. The van der Waals surface area contributed by atoms with Crippen LogP contribution in [0.25, 0.3) is 5.70 Å². The summed E-state index contributed by atoms with van der Waals surface area (Å²) < 4.78 is 0. The smallest absolute Gasteiger partial charge is 0.257 e. The number of hydrogen-bond donors (Lipinski definition) is 1. The first-order valence-corrected chi connectivity index (χ1v) is 6.88. The van der Waals surface area contributed by atoms with Crippen LogP contribution in [0.15, 0.2) is 6.08 Å². The zero-order valence-electron chi connectivity index (χ0n) is 9.41. The van der Waals surface area contributed by atoms with Crippen molar-refractivity contribution in [3.8, 4) is 0 Å². The fourth-order valence-corrected chi connectivity index (χ4v) is 2.83. The van der Waals surface area contributed by atoms with Gasteiger partial charge in [0.05, 0.1) is 25.7 Å². The summed E-state index contributed by atoms with van der Waals surface area (Å²) in [7, 11) is 0. The third kappa shape index (κ3) is 2.12. The maximum absolute atomic E-state index is 11.9. The summed E-state index contributed by atoms with van der Waals surface area (Å²) in [5.41, 5.74) is 1.47. The average Bonchev–Trinajstić information content (AvgIpc) is 2.68. The third-order valence-corrected chi connectivity index (χ3v) is 4.45. The molecular weight excluding hydrogens is 316 g/mol. The normalized spacial score (nSPS) is 16.1. The minimum atomic E-state index is -0.308. The summed E-state index contributed by atoms with van der Waals surface area (Å²) in [6.45, 7) is 2.04. The van der Waals surface area contributed by atoms with Crippen LogP contribution in [0.2, 0.25) is 20.1 Å². The lowest BCUT2D eigenvalue weighted by Gasteiger charge is -2.08. The Hall–Kier alpha value is -0.410. The first kappa shape index (κ1) is 14.0. The van der Waals surface area contributed by atoms with E-state index in [-0.39, 0.29) is 26.0 Å². The van der Waals surface area contributed by atoms with Gasteiger partial charge in [-0.25, -0.2) is 0 Å². The lowest BCUT2D eigenvalue weighted by Crippen LogP contribution is -2.12. The Bertz CT molecular complexity index is 566. The highest BCUT2D eigenvalue weighted by Crippen LogP contribution is 2.45. The molecule has 1 aliphatic heterocycles. The highest BCUT2D eigenvalue weighted by Gasteiger charge is 2.32. The molecule has 2 nitrogen and oxygen atoms in total. The summed E-state index contributed by atoms with van der Waals surface area (Å²) in [6, 6.07) is 0. The van der Waals surface area contributed by atoms with Gasteiger partial charge in [-0.2, -0.15) is 0 Å². The predicted octanol–water partition coefficient (Wildman–Crippen LogP) is 5.18. The van der Waals surface area contributed by atoms with Gasteiger partial charge in [0.25, 0.3) is 5.91 Å². The lowest BCUT2D eigenvalue weighted by molar-refractivity contribution is 0.0981. The fraction of sp³-hybridized carbons (Fsp3) is 0.250. The minimum Gasteiger partial charge on any atom is -0.322 e. The standard InChI is InChI=1S/C12H9Cl4NO/c1-2-3-4-5-6-7(12(18)17-5)9(14)11(16)10(15)8(6)13/h4H,2-3H2,1H3,(H,17,18). The first-order valence-electron chi connectivity index (χ1n) is 5.36. The van der Waals surface area contributed by atoms with E-state index < -0.39 is 0 Å². The summed E-state index contributed by atoms with van der Waals surface area (Å²) in [5.74, 6) is -0.308. The maximum atomic E-state index is 11.9. The van der Waals surface area contributed by atoms with Crippen molar-refractivity contribution in [3.05, 3.63) is 37.3 Å². The molecule has 1 N–H and O–H groups in total. The van der Waals surface area contributed by atoms with Gasteiger partial charge in [0.15, 0.2) is 0 Å². The van der Waals surface area contributed by atoms with Crippen molar-refractivity contribution in [2.75, 3.05) is 0 Å². The Kier molecular flexibility index (Phi) is 4.12. The van der Waals surface area contributed by atoms with Crippen LogP contribution in [0.1, 0.15) is 35.7 Å². The van der Waals surface area contributed by atoms with E-state index in [4.69, 9.17) is 46.4 Å². The minimum absolute atomic E-state index is 0.106. The average molecular weight is 325 g/mol. The third-order valence-electron chi connectivity index (χ3n) is 2.65. The van der Waals surface area contributed by atoms with Gasteiger partial charge >= 0.3 is 0 Å². The second-order valence-electron chi connectivity index (χ2n) is 3.87. The van der Waals surface area contributed by atoms with E-state index in [0.29, 0.717) is 16.8 Å². The van der Waals surface area contributed by atoms with E-state index >= 15 is 0 Å². The summed E-state index contributed by atoms with van der Waals surface area (Å²) >= 11 is 24.1. The van der Waals surface area contributed by atoms with Crippen molar-refractivity contribution in [3.63, 3.8) is 0 Å². The molecule has 0 bridgehead atoms. The molecular formula is C12H9Cl4NO. The monoisotopic (exact) mass is 323 g/mol. The molecule has 0 atom stereocenters. The van der Waals surface area contributed by atoms with Crippen LogP contribution in [-0.4, -0.2) is 5.91 Å². The number of carbonyl (C=O) groups excluding carboxylic acids is 1. The van der Waals surface area contributed by atoms with Crippen LogP contribution in [0.3, 0.4) is 0 Å². The lowest BCUT2D eigenvalue weighted by atomic mass is 10.1. The molecule has 1 heterocycles. The van der Waals surface area contributed by atoms with Crippen LogP contribution in [0.4, 0.5) is 0 Å². The van der Waals surface area contributed by atoms with Gasteiger partial charge < -0.3 is 5.32 Å². The molecule has 96 valence electrons. The van der Waals surface area contributed by atoms with Crippen molar-refractivity contribution in [2.24, 2.45) is 0 Å². The Morgan fingerprint density at radius 2 is 1.56 bits per heavy atom. The Balaban J connectivity index is 2.71. The molecule has 0 spiro atoms. The number of nitrogens with one attached hydrogen (secondary N) is 1. The second-order valence-corrected chi connectivity index (χ2v) is 5.38. The number of halogens is 4. The molecule has 1 aromatic carbocycles. The van der Waals surface area contributed by atoms with Crippen molar-refractivity contribution in [1.29, 1.82) is 0 Å². The van der Waals surface area contributed by atoms with E-state index in [1.165, 1.54) is 0 Å². The van der Waals surface area contributed by atoms with Gasteiger partial charge in [0.1, 0.15) is 0 Å². The quantitative estimate of drug-likeness (QED) is 0.589. The topological polar surface area (TPSA) is 29.1 Å². The van der Waals surface area contributed by atoms with Crippen LogP contribution in [-0.2, 0) is 0 Å². The van der Waals surface area contributed by atoms with Gasteiger partial charge in [0, 0.05) is 11.3 Å². The number of allylic oxidation sites excluding steroid dienone is 1. The van der Waals surface area contributed by atoms with Gasteiger partial charge in [-0.05, 0) is 6.42 Å². The van der Waals surface area contributed by atoms with Gasteiger partial charge in [0.2, 0.25) is 0 Å². The molecule has 1 aliphatic rings. The SMILES string of the molecule is CCCC=C1NC(=O)c2c(Cl)c(Cl)c(Cl)c(Cl)c21. The van der Waals surface area contributed by atoms with Gasteiger partial charge in [-0.1, -0.05) is 65.8 Å². The number of hydrogen-bond acceptors (Lipinski definition) is 1. The number of rotatable bonds is 2. The van der Waals surface area contributed by atoms with Gasteiger partial charge in [-0.3, -0.25) is 4.79 Å². The summed E-state index contributed by atoms with van der Waals surface area (Å²) in [4.78, 5) is 11.9. The molecule has 1 amide bonds. The zero-order chi connectivity index (χ0) is 13.4. The fourth-order valence-electron chi connectivity index (χ4n) is 1.79. The molecule has 2 rings (SSSR count). The Labute approximate surface area is 125 Å². The number of amides is 1. The Morgan fingerprint density at radius 1 is 1.00 bits per heavy atom. The molecule has 18 heavy (non-hydrogen) atoms. The van der Waals surface area contributed by atoms with Gasteiger partial charge in [-0.15, -0.1) is 0 Å². The second kappa shape index (κ2) is 5.30. The molecule has 0 aliphatic carbocycles. The number of carbonyl (C=O) groups is 1. The molecule has 6 heteroatoms. The van der Waals surface area contributed by atoms with E-state index in [1.807, 2.05) is 13.0 Å². The van der Waals surface area contributed by atoms with E-state index in [2.05, 4.69) is 5.32 Å². The number of fused-ring (bicyclic) bond motifs is 1. The van der Waals surface area contributed by atoms with E-state index in [1.54, 1.807) is 0 Å². The van der Waals surface area contributed by atoms with Crippen LogP contribution < -0.4 is 5.32 Å². The molecule has 0 radical (unpaired) electrons. The largest absolute Gasteiger partial charge is 0.322 e. The van der Waals surface area contributed by atoms with Crippen molar-refractivity contribution in [1.82, 2.24) is 5.32 Å². The van der Waals surface area contributed by atoms with Crippen LogP contribution in [0, 0.1) is 0 Å². The molecule has 0 unspecified atom stereocenters. The van der Waals surface area contributed by atoms with Crippen LogP contribution in [0.5, 0.6) is 0 Å². The number of unbranched alkanes of at least 4 members (excludes halogenated alkanes) is 1. The molecule has 0 fully saturated rings. The Morgan fingerprint density at radius 3 is 2.11 bits per heavy atom. The predicted molar refractivity (Wildman–Crippen MR) is 76.8 cm³/mol. The van der Waals surface area contributed by atoms with Crippen LogP contribution >= 0.6 is 46.4 Å². The summed E-state index contributed by atoms with van der Waals surface area (Å²) in [6.07, 6.45) is 3.68. The highest BCUT2D eigenvalue weighted by molar-refractivity contribution is 6.54. The molecule has 0 aromatic heterocycles. The summed E-state index contributed by atoms with van der Waals surface area (Å²) in [5, 5.41) is 3.39. The molecule has 0 saturated carbocycles. The first-order chi connectivity index (χ1) is 8.49. The van der Waals surface area contributed by atoms with E-state index in [0.717, 1.165) is 12.8 Å². The van der Waals surface area contributed by atoms with Crippen molar-refractivity contribution in [2.45, 2.75) is 19.8 Å². The maximum Gasteiger partial charge on any atom is 0.257 e. The zero-order valence-corrected chi connectivity index (χ0v) is 12.4. The van der Waals surface area contributed by atoms with Crippen molar-refractivity contribution < 1.29 is 4.79 Å². The molecule has 1 aromatic rings. The van der Waals surface area contributed by atoms with Crippen molar-refractivity contribution >= 4 is 58.0 Å².